The summed E-state index contributed by atoms with van der Waals surface area (Å²) in [6, 6.07) is 10.8. The molecular formula is C20H16FN3O3S2. The van der Waals surface area contributed by atoms with Crippen molar-refractivity contribution in [2.75, 3.05) is 4.31 Å². The van der Waals surface area contributed by atoms with E-state index in [0.29, 0.717) is 22.7 Å². The van der Waals surface area contributed by atoms with Crippen LogP contribution in [0.5, 0.6) is 0 Å². The number of halogens is 1. The van der Waals surface area contributed by atoms with Crippen molar-refractivity contribution in [2.45, 2.75) is 13.1 Å². The van der Waals surface area contributed by atoms with Gasteiger partial charge in [-0.05, 0) is 40.8 Å². The van der Waals surface area contributed by atoms with Crippen LogP contribution < -0.4 is 9.62 Å². The van der Waals surface area contributed by atoms with E-state index in [1.54, 1.807) is 29.9 Å². The van der Waals surface area contributed by atoms with Crippen LogP contribution >= 0.6 is 11.3 Å². The Morgan fingerprint density at radius 2 is 1.93 bits per heavy atom. The van der Waals surface area contributed by atoms with Crippen LogP contribution in [0, 0.1) is 5.82 Å². The van der Waals surface area contributed by atoms with Crippen LogP contribution in [0.2, 0.25) is 0 Å². The van der Waals surface area contributed by atoms with Crippen LogP contribution in [0.1, 0.15) is 20.8 Å². The van der Waals surface area contributed by atoms with E-state index in [1.165, 1.54) is 46.1 Å². The lowest BCUT2D eigenvalue weighted by molar-refractivity contribution is 0.104. The van der Waals surface area contributed by atoms with Gasteiger partial charge in [0.15, 0.2) is 4.91 Å². The molecule has 9 heteroatoms. The Morgan fingerprint density at radius 1 is 1.14 bits per heavy atom. The minimum Gasteiger partial charge on any atom is -0.386 e. The van der Waals surface area contributed by atoms with Gasteiger partial charge < -0.3 is 5.32 Å². The molecule has 0 saturated heterocycles. The Bertz CT molecular complexity index is 1170. The number of hydrogen-bond acceptors (Lipinski definition) is 6. The summed E-state index contributed by atoms with van der Waals surface area (Å²) in [7, 11) is -4.08. The molecule has 0 amide bonds. The number of ketones is 1. The highest BCUT2D eigenvalue weighted by molar-refractivity contribution is 7.97. The smallest absolute Gasteiger partial charge is 0.270 e. The zero-order chi connectivity index (χ0) is 20.4. The first kappa shape index (κ1) is 19.3. The number of carbonyl (C=O) groups excluding carboxylic acids is 1. The highest BCUT2D eigenvalue weighted by atomic mass is 32.2. The lowest BCUT2D eigenvalue weighted by Crippen LogP contribution is -2.38. The van der Waals surface area contributed by atoms with Crippen molar-refractivity contribution in [3.8, 4) is 0 Å². The number of rotatable bonds is 5. The summed E-state index contributed by atoms with van der Waals surface area (Å²) in [6.45, 7) is 0.328. The first-order chi connectivity index (χ1) is 14.0. The summed E-state index contributed by atoms with van der Waals surface area (Å²) in [5.74, 6) is -0.939. The molecule has 1 N–H and O–H groups in total. The molecule has 0 unspecified atom stereocenters. The van der Waals surface area contributed by atoms with Crippen molar-refractivity contribution >= 4 is 32.8 Å². The average Bonchev–Trinajstić information content (AvgIpc) is 3.20. The molecule has 3 heterocycles. The van der Waals surface area contributed by atoms with E-state index in [0.717, 1.165) is 5.56 Å². The number of aromatic nitrogens is 1. The third-order valence-corrected chi connectivity index (χ3v) is 7.08. The molecule has 6 nitrogen and oxygen atoms in total. The maximum atomic E-state index is 13.2. The number of carbonyl (C=O) groups is 1. The molecular weight excluding hydrogens is 413 g/mol. The van der Waals surface area contributed by atoms with Crippen LogP contribution in [0.25, 0.3) is 0 Å². The topological polar surface area (TPSA) is 79.4 Å². The van der Waals surface area contributed by atoms with Crippen LogP contribution in [0.4, 0.5) is 10.1 Å². The molecule has 3 aromatic rings. The second kappa shape index (κ2) is 7.76. The number of hydrogen-bond donors (Lipinski definition) is 1. The van der Waals surface area contributed by atoms with Crippen molar-refractivity contribution in [3.05, 3.63) is 93.2 Å². The number of sulfonamides is 1. The average molecular weight is 429 g/mol. The highest BCUT2D eigenvalue weighted by Gasteiger charge is 2.41. The van der Waals surface area contributed by atoms with Crippen molar-refractivity contribution in [1.29, 1.82) is 0 Å². The minimum atomic E-state index is -4.08. The van der Waals surface area contributed by atoms with Gasteiger partial charge in [0.05, 0.1) is 12.2 Å². The Kier molecular flexibility index (Phi) is 5.16. The van der Waals surface area contributed by atoms with Gasteiger partial charge in [-0.1, -0.05) is 18.2 Å². The Morgan fingerprint density at radius 3 is 2.66 bits per heavy atom. The van der Waals surface area contributed by atoms with Gasteiger partial charge in [0.25, 0.3) is 10.0 Å². The van der Waals surface area contributed by atoms with Crippen LogP contribution in [-0.2, 0) is 23.1 Å². The van der Waals surface area contributed by atoms with Gasteiger partial charge in [-0.25, -0.2) is 12.8 Å². The lowest BCUT2D eigenvalue weighted by Gasteiger charge is -2.29. The first-order valence-corrected chi connectivity index (χ1v) is 11.0. The van der Waals surface area contributed by atoms with Gasteiger partial charge in [-0.3, -0.25) is 14.1 Å². The van der Waals surface area contributed by atoms with Crippen LogP contribution in [-0.4, -0.2) is 19.2 Å². The molecule has 0 atom stereocenters. The molecule has 0 fully saturated rings. The molecule has 0 bridgehead atoms. The number of anilines is 1. The Labute approximate surface area is 171 Å². The van der Waals surface area contributed by atoms with Crippen molar-refractivity contribution in [1.82, 2.24) is 10.3 Å². The summed E-state index contributed by atoms with van der Waals surface area (Å²) in [5.41, 5.74) is 1.81. The highest BCUT2D eigenvalue weighted by Crippen LogP contribution is 2.39. The molecule has 0 saturated carbocycles. The zero-order valence-corrected chi connectivity index (χ0v) is 16.7. The minimum absolute atomic E-state index is 0.000425. The molecule has 1 aliphatic heterocycles. The maximum Gasteiger partial charge on any atom is 0.270 e. The number of pyridine rings is 1. The summed E-state index contributed by atoms with van der Waals surface area (Å²) < 4.78 is 40.8. The molecule has 148 valence electrons. The fraction of sp³-hybridized carbons (Fsp3) is 0.100. The predicted octanol–water partition coefficient (Wildman–Crippen LogP) is 3.45. The number of fused-ring (bicyclic) bond motifs is 1. The molecule has 2 aromatic heterocycles. The number of benzene rings is 1. The van der Waals surface area contributed by atoms with Gasteiger partial charge in [-0.2, -0.15) is 0 Å². The first-order valence-electron chi connectivity index (χ1n) is 8.68. The third-order valence-electron chi connectivity index (χ3n) is 4.41. The van der Waals surface area contributed by atoms with Gasteiger partial charge in [-0.15, -0.1) is 11.3 Å². The molecule has 1 aliphatic rings. The second-order valence-corrected chi connectivity index (χ2v) is 9.10. The SMILES string of the molecule is O=C1C(=CNCc2cccnc2)S(=O)(=O)N(Cc2ccc(F)cc2)c2ccsc21. The standard InChI is InChI=1S/C20H16FN3O3S2/c21-16-5-3-14(4-6-16)13-24-17-7-9-28-20(17)19(25)18(29(24,26)27)12-23-11-15-2-1-8-22-10-15/h1-10,12,23H,11,13H2. The van der Waals surface area contributed by atoms with Gasteiger partial charge in [0.1, 0.15) is 10.7 Å². The van der Waals surface area contributed by atoms with Gasteiger partial charge in [0, 0.05) is 25.1 Å². The molecule has 1 aromatic carbocycles. The monoisotopic (exact) mass is 429 g/mol. The predicted molar refractivity (Wildman–Crippen MR) is 109 cm³/mol. The van der Waals surface area contributed by atoms with E-state index < -0.39 is 21.6 Å². The summed E-state index contributed by atoms with van der Waals surface area (Å²) in [6.07, 6.45) is 4.54. The van der Waals surface area contributed by atoms with Gasteiger partial charge >= 0.3 is 0 Å². The molecule has 0 aliphatic carbocycles. The Balaban J connectivity index is 1.67. The van der Waals surface area contributed by atoms with Crippen molar-refractivity contribution < 1.29 is 17.6 Å². The second-order valence-electron chi connectivity index (χ2n) is 6.35. The molecule has 4 rings (SSSR count). The van der Waals surface area contributed by atoms with Crippen LogP contribution in [0.15, 0.2) is 71.3 Å². The lowest BCUT2D eigenvalue weighted by atomic mass is 10.2. The van der Waals surface area contributed by atoms with Crippen LogP contribution in [0.3, 0.4) is 0 Å². The third kappa shape index (κ3) is 3.79. The summed E-state index contributed by atoms with van der Waals surface area (Å²) >= 11 is 1.19. The summed E-state index contributed by atoms with van der Waals surface area (Å²) in [4.78, 5) is 16.9. The van der Waals surface area contributed by atoms with Crippen molar-refractivity contribution in [3.63, 3.8) is 0 Å². The fourth-order valence-electron chi connectivity index (χ4n) is 2.98. The van der Waals surface area contributed by atoms with E-state index in [1.807, 2.05) is 6.07 Å². The van der Waals surface area contributed by atoms with E-state index in [9.17, 15) is 17.6 Å². The maximum absolute atomic E-state index is 13.2. The molecule has 0 spiro atoms. The molecule has 0 radical (unpaired) electrons. The summed E-state index contributed by atoms with van der Waals surface area (Å²) in [5, 5.41) is 4.58. The normalized spacial score (nSPS) is 16.7. The Hall–Kier alpha value is -3.04. The number of thiophene rings is 1. The number of nitrogens with zero attached hydrogens (tertiary/aromatic N) is 2. The quantitative estimate of drug-likeness (QED) is 0.629. The largest absolute Gasteiger partial charge is 0.386 e. The zero-order valence-electron chi connectivity index (χ0n) is 15.1. The van der Waals surface area contributed by atoms with E-state index in [4.69, 9.17) is 0 Å². The molecule has 29 heavy (non-hydrogen) atoms. The number of allylic oxidation sites excluding steroid dienone is 1. The number of Topliss-reactive ketones (excluding diaryl/α,β-unsaturated/α-hetero) is 1. The van der Waals surface area contributed by atoms with Gasteiger partial charge in [0.2, 0.25) is 5.78 Å². The number of nitrogens with one attached hydrogen (secondary N) is 1. The van der Waals surface area contributed by atoms with Crippen molar-refractivity contribution in [2.24, 2.45) is 0 Å². The fourth-order valence-corrected chi connectivity index (χ4v) is 5.48. The van der Waals surface area contributed by atoms with E-state index in [-0.39, 0.29) is 11.4 Å². The van der Waals surface area contributed by atoms with E-state index >= 15 is 0 Å². The van der Waals surface area contributed by atoms with E-state index in [2.05, 4.69) is 10.3 Å².